The molecule has 0 radical (unpaired) electrons. The highest BCUT2D eigenvalue weighted by molar-refractivity contribution is 6.35. The third-order valence-corrected chi connectivity index (χ3v) is 7.87. The number of likely N-dealkylation sites (tertiary alicyclic amines) is 1. The van der Waals surface area contributed by atoms with Crippen LogP contribution in [0.5, 0.6) is 0 Å². The van der Waals surface area contributed by atoms with Gasteiger partial charge in [0.2, 0.25) is 0 Å². The molecule has 1 saturated heterocycles. The van der Waals surface area contributed by atoms with Crippen molar-refractivity contribution in [2.45, 2.75) is 45.7 Å². The number of aromatic amines is 1. The maximum Gasteiger partial charge on any atom is 0.256 e. The molecule has 2 atom stereocenters. The molecule has 8 heteroatoms. The van der Waals surface area contributed by atoms with Crippen LogP contribution in [0, 0.1) is 13.8 Å². The Kier molecular flexibility index (Phi) is 7.39. The van der Waals surface area contributed by atoms with Crippen molar-refractivity contribution in [3.8, 4) is 0 Å². The van der Waals surface area contributed by atoms with Crippen molar-refractivity contribution in [2.75, 3.05) is 25.5 Å². The summed E-state index contributed by atoms with van der Waals surface area (Å²) in [4.78, 5) is 44.6. The molecule has 0 spiro atoms. The van der Waals surface area contributed by atoms with Gasteiger partial charge in [-0.2, -0.15) is 0 Å². The van der Waals surface area contributed by atoms with E-state index in [1.54, 1.807) is 24.3 Å². The van der Waals surface area contributed by atoms with Crippen molar-refractivity contribution in [3.63, 3.8) is 0 Å². The number of rotatable bonds is 7. The smallest absolute Gasteiger partial charge is 0.256 e. The first-order valence-corrected chi connectivity index (χ1v) is 13.4. The maximum absolute atomic E-state index is 13.1. The Bertz CT molecular complexity index is 1460. The van der Waals surface area contributed by atoms with E-state index >= 15 is 0 Å². The van der Waals surface area contributed by atoms with Crippen molar-refractivity contribution in [2.24, 2.45) is 0 Å². The number of carbonyl (C=O) groups excluding carboxylic acids is 3. The number of nitrogens with one attached hydrogen (secondary N) is 4. The first-order valence-electron chi connectivity index (χ1n) is 13.4. The van der Waals surface area contributed by atoms with Crippen LogP contribution in [0.3, 0.4) is 0 Å². The fourth-order valence-corrected chi connectivity index (χ4v) is 5.52. The second-order valence-corrected chi connectivity index (χ2v) is 10.5. The number of benzene rings is 2. The van der Waals surface area contributed by atoms with Gasteiger partial charge in [0, 0.05) is 40.8 Å². The topological polar surface area (TPSA) is 106 Å². The van der Waals surface area contributed by atoms with Gasteiger partial charge in [0.05, 0.1) is 17.2 Å². The van der Waals surface area contributed by atoms with Crippen LogP contribution in [0.25, 0.3) is 11.6 Å². The molecule has 2 aromatic carbocycles. The van der Waals surface area contributed by atoms with Gasteiger partial charge in [-0.25, -0.2) is 0 Å². The van der Waals surface area contributed by atoms with Gasteiger partial charge in [-0.3, -0.25) is 14.4 Å². The standard InChI is InChI=1S/C31H35N5O3/c1-18-27(33-20(3)28(18)31(39)32-17-23-11-8-14-36(23)4)16-25-24-15-22(12-13-26(24)35-30(25)38)29(37)34-19(2)21-9-6-5-7-10-21/h5-7,9-10,12-13,15-16,19,23,33H,8,11,14,17H2,1-4H3,(H,32,39)(H,34,37)(H,35,38)/b25-16-/t19?,23-/m0/s1. The second kappa shape index (κ2) is 10.9. The van der Waals surface area contributed by atoms with Crippen LogP contribution >= 0.6 is 0 Å². The van der Waals surface area contributed by atoms with Crippen LogP contribution in [-0.4, -0.2) is 53.8 Å². The van der Waals surface area contributed by atoms with Crippen molar-refractivity contribution >= 4 is 35.1 Å². The Morgan fingerprint density at radius 3 is 2.62 bits per heavy atom. The molecule has 2 aliphatic rings. The predicted octanol–water partition coefficient (Wildman–Crippen LogP) is 4.44. The number of carbonyl (C=O) groups is 3. The van der Waals surface area contributed by atoms with Gasteiger partial charge in [-0.15, -0.1) is 0 Å². The molecule has 3 aromatic rings. The van der Waals surface area contributed by atoms with Gasteiger partial charge in [0.25, 0.3) is 17.7 Å². The predicted molar refractivity (Wildman–Crippen MR) is 154 cm³/mol. The molecule has 39 heavy (non-hydrogen) atoms. The average molecular weight is 526 g/mol. The van der Waals surface area contributed by atoms with Crippen molar-refractivity contribution < 1.29 is 14.4 Å². The third-order valence-electron chi connectivity index (χ3n) is 7.87. The molecular weight excluding hydrogens is 490 g/mol. The van der Waals surface area contributed by atoms with E-state index in [-0.39, 0.29) is 23.8 Å². The molecule has 3 heterocycles. The van der Waals surface area contributed by atoms with E-state index in [2.05, 4.69) is 32.9 Å². The lowest BCUT2D eigenvalue weighted by Crippen LogP contribution is -2.38. The molecule has 1 aromatic heterocycles. The summed E-state index contributed by atoms with van der Waals surface area (Å²) < 4.78 is 0. The number of H-pyrrole nitrogens is 1. The van der Waals surface area contributed by atoms with Gasteiger partial charge in [-0.05, 0) is 82.6 Å². The summed E-state index contributed by atoms with van der Waals surface area (Å²) in [7, 11) is 2.09. The van der Waals surface area contributed by atoms with E-state index in [0.29, 0.717) is 46.2 Å². The molecule has 202 valence electrons. The summed E-state index contributed by atoms with van der Waals surface area (Å²) in [5.41, 5.74) is 6.06. The summed E-state index contributed by atoms with van der Waals surface area (Å²) in [6.07, 6.45) is 3.99. The first kappa shape index (κ1) is 26.4. The van der Waals surface area contributed by atoms with Gasteiger partial charge < -0.3 is 25.8 Å². The highest BCUT2D eigenvalue weighted by Gasteiger charge is 2.28. The Labute approximate surface area is 228 Å². The lowest BCUT2D eigenvalue weighted by Gasteiger charge is -2.19. The molecule has 5 rings (SSSR count). The molecule has 0 bridgehead atoms. The summed E-state index contributed by atoms with van der Waals surface area (Å²) in [5, 5.41) is 9.00. The number of nitrogens with zero attached hydrogens (tertiary/aromatic N) is 1. The zero-order valence-electron chi connectivity index (χ0n) is 22.9. The van der Waals surface area contributed by atoms with E-state index in [1.807, 2.05) is 51.1 Å². The number of likely N-dealkylation sites (N-methyl/N-ethyl adjacent to an activating group) is 1. The molecule has 8 nitrogen and oxygen atoms in total. The fraction of sp³-hybridized carbons (Fsp3) is 0.323. The minimum atomic E-state index is -0.248. The van der Waals surface area contributed by atoms with Gasteiger partial charge in [-0.1, -0.05) is 30.3 Å². The van der Waals surface area contributed by atoms with Crippen molar-refractivity contribution in [1.29, 1.82) is 0 Å². The minimum Gasteiger partial charge on any atom is -0.358 e. The second-order valence-electron chi connectivity index (χ2n) is 10.5. The highest BCUT2D eigenvalue weighted by Crippen LogP contribution is 2.35. The van der Waals surface area contributed by atoms with E-state index < -0.39 is 0 Å². The van der Waals surface area contributed by atoms with Crippen LogP contribution in [0.4, 0.5) is 5.69 Å². The quantitative estimate of drug-likeness (QED) is 0.342. The van der Waals surface area contributed by atoms with E-state index in [9.17, 15) is 14.4 Å². The van der Waals surface area contributed by atoms with E-state index in [0.717, 1.165) is 36.2 Å². The van der Waals surface area contributed by atoms with Crippen LogP contribution < -0.4 is 16.0 Å². The normalized spacial score (nSPS) is 18.6. The third kappa shape index (κ3) is 5.38. The van der Waals surface area contributed by atoms with E-state index in [1.165, 1.54) is 0 Å². The Morgan fingerprint density at radius 1 is 1.13 bits per heavy atom. The van der Waals surface area contributed by atoms with Crippen LogP contribution in [-0.2, 0) is 4.79 Å². The number of fused-ring (bicyclic) bond motifs is 1. The SMILES string of the molecule is Cc1[nH]c(/C=C2\C(=O)Nc3ccc(C(=O)NC(C)c4ccccc4)cc32)c(C)c1C(=O)NC[C@@H]1CCCN1C. The minimum absolute atomic E-state index is 0.117. The Hall–Kier alpha value is -4.17. The fourth-order valence-electron chi connectivity index (χ4n) is 5.52. The molecule has 4 N–H and O–H groups in total. The summed E-state index contributed by atoms with van der Waals surface area (Å²) in [5.74, 6) is -0.581. The van der Waals surface area contributed by atoms with Gasteiger partial charge in [0.1, 0.15) is 0 Å². The van der Waals surface area contributed by atoms with Crippen LogP contribution in [0.1, 0.15) is 74.6 Å². The number of aryl methyl sites for hydroxylation is 1. The molecule has 1 fully saturated rings. The monoisotopic (exact) mass is 525 g/mol. The van der Waals surface area contributed by atoms with Gasteiger partial charge >= 0.3 is 0 Å². The molecule has 1 unspecified atom stereocenters. The Balaban J connectivity index is 1.36. The molecular formula is C31H35N5O3. The van der Waals surface area contributed by atoms with Crippen molar-refractivity contribution in [1.82, 2.24) is 20.5 Å². The molecule has 0 aliphatic carbocycles. The number of hydrogen-bond donors (Lipinski definition) is 4. The maximum atomic E-state index is 13.1. The molecule has 0 saturated carbocycles. The number of amides is 3. The summed E-state index contributed by atoms with van der Waals surface area (Å²) in [6, 6.07) is 15.2. The van der Waals surface area contributed by atoms with Crippen LogP contribution in [0.2, 0.25) is 0 Å². The van der Waals surface area contributed by atoms with Crippen molar-refractivity contribution in [3.05, 3.63) is 87.7 Å². The number of aromatic nitrogens is 1. The zero-order chi connectivity index (χ0) is 27.7. The largest absolute Gasteiger partial charge is 0.358 e. The first-order chi connectivity index (χ1) is 18.7. The average Bonchev–Trinajstić information content (AvgIpc) is 3.57. The highest BCUT2D eigenvalue weighted by atomic mass is 16.2. The Morgan fingerprint density at radius 2 is 1.90 bits per heavy atom. The van der Waals surface area contributed by atoms with Crippen LogP contribution in [0.15, 0.2) is 48.5 Å². The lowest BCUT2D eigenvalue weighted by molar-refractivity contribution is -0.110. The molecule has 3 amide bonds. The zero-order valence-corrected chi connectivity index (χ0v) is 22.9. The van der Waals surface area contributed by atoms with Gasteiger partial charge in [0.15, 0.2) is 0 Å². The van der Waals surface area contributed by atoms with E-state index in [4.69, 9.17) is 0 Å². The number of anilines is 1. The summed E-state index contributed by atoms with van der Waals surface area (Å²) in [6.45, 7) is 7.35. The summed E-state index contributed by atoms with van der Waals surface area (Å²) >= 11 is 0. The lowest BCUT2D eigenvalue weighted by atomic mass is 10.0. The molecule has 2 aliphatic heterocycles. The number of hydrogen-bond acceptors (Lipinski definition) is 4.